The second-order valence-corrected chi connectivity index (χ2v) is 7.84. The lowest BCUT2D eigenvalue weighted by atomic mass is 10.0. The van der Waals surface area contributed by atoms with Crippen molar-refractivity contribution in [3.05, 3.63) is 70.2 Å². The molecule has 1 unspecified atom stereocenters. The molecule has 30 heavy (non-hydrogen) atoms. The zero-order chi connectivity index (χ0) is 21.7. The Morgan fingerprint density at radius 3 is 2.43 bits per heavy atom. The summed E-state index contributed by atoms with van der Waals surface area (Å²) in [6, 6.07) is 10.4. The normalized spacial score (nSPS) is 16.3. The second-order valence-electron chi connectivity index (χ2n) is 7.43. The van der Waals surface area contributed by atoms with E-state index < -0.39 is 23.3 Å². The Morgan fingerprint density at radius 1 is 1.07 bits per heavy atom. The van der Waals surface area contributed by atoms with Gasteiger partial charge < -0.3 is 10.2 Å². The van der Waals surface area contributed by atoms with Crippen LogP contribution in [-0.2, 0) is 16.0 Å². The predicted molar refractivity (Wildman–Crippen MR) is 111 cm³/mol. The Morgan fingerprint density at radius 2 is 1.77 bits per heavy atom. The van der Waals surface area contributed by atoms with Crippen molar-refractivity contribution in [3.8, 4) is 0 Å². The predicted octanol–water partition coefficient (Wildman–Crippen LogP) is 2.83. The van der Waals surface area contributed by atoms with Gasteiger partial charge >= 0.3 is 0 Å². The molecule has 1 amide bonds. The number of nitrogens with one attached hydrogen (secondary N) is 1. The third-order valence-electron chi connectivity index (χ3n) is 5.30. The van der Waals surface area contributed by atoms with Crippen molar-refractivity contribution in [1.29, 1.82) is 0 Å². The van der Waals surface area contributed by atoms with Crippen LogP contribution in [0.25, 0.3) is 0 Å². The fraction of sp³-hybridized carbons (Fsp3) is 0.364. The number of halogens is 3. The Balaban J connectivity index is 1.66. The highest BCUT2D eigenvalue weighted by Crippen LogP contribution is 2.28. The summed E-state index contributed by atoms with van der Waals surface area (Å²) in [5.41, 5.74) is 1.13. The molecule has 160 valence electrons. The number of Topliss-reactive ketones (excluding diaryl/α,β-unsaturated/α-hetero) is 1. The molecule has 1 heterocycles. The van der Waals surface area contributed by atoms with E-state index in [-0.39, 0.29) is 24.6 Å². The van der Waals surface area contributed by atoms with Gasteiger partial charge in [0.25, 0.3) is 5.91 Å². The van der Waals surface area contributed by atoms with Gasteiger partial charge in [-0.2, -0.15) is 0 Å². The van der Waals surface area contributed by atoms with Gasteiger partial charge in [-0.05, 0) is 36.4 Å². The van der Waals surface area contributed by atoms with E-state index in [9.17, 15) is 18.4 Å². The van der Waals surface area contributed by atoms with Gasteiger partial charge in [0.2, 0.25) is 5.78 Å². The van der Waals surface area contributed by atoms with Crippen LogP contribution in [-0.4, -0.2) is 61.3 Å². The van der Waals surface area contributed by atoms with Crippen LogP contribution in [0.4, 0.5) is 8.78 Å². The maximum Gasteiger partial charge on any atom is 0.287 e. The second kappa shape index (κ2) is 10.1. The average molecular weight is 436 g/mol. The summed E-state index contributed by atoms with van der Waals surface area (Å²) in [4.78, 5) is 29.1. The summed E-state index contributed by atoms with van der Waals surface area (Å²) in [7, 11) is 2.06. The summed E-state index contributed by atoms with van der Waals surface area (Å²) in [6.07, 6.45) is -0.297. The van der Waals surface area contributed by atoms with E-state index in [0.29, 0.717) is 5.02 Å². The van der Waals surface area contributed by atoms with Crippen LogP contribution in [0, 0.1) is 11.6 Å². The zero-order valence-electron chi connectivity index (χ0n) is 16.7. The Kier molecular flexibility index (Phi) is 7.53. The number of rotatable bonds is 7. The maximum absolute atomic E-state index is 13.3. The lowest BCUT2D eigenvalue weighted by Crippen LogP contribution is -2.49. The minimum absolute atomic E-state index is 0.174. The molecule has 8 heteroatoms. The number of carbonyl (C=O) groups excluding carboxylic acids is 2. The van der Waals surface area contributed by atoms with E-state index in [1.807, 2.05) is 18.2 Å². The largest absolute Gasteiger partial charge is 0.348 e. The topological polar surface area (TPSA) is 52.6 Å². The molecule has 0 aromatic heterocycles. The van der Waals surface area contributed by atoms with Crippen LogP contribution in [0.2, 0.25) is 5.02 Å². The number of piperazine rings is 1. The van der Waals surface area contributed by atoms with E-state index in [1.165, 1.54) is 6.07 Å². The molecular formula is C22H24ClF2N3O2. The van der Waals surface area contributed by atoms with Gasteiger partial charge in [0.15, 0.2) is 11.6 Å². The molecule has 3 rings (SSSR count). The Bertz CT molecular complexity index is 917. The van der Waals surface area contributed by atoms with E-state index in [1.54, 1.807) is 6.07 Å². The highest BCUT2D eigenvalue weighted by molar-refractivity contribution is 6.36. The van der Waals surface area contributed by atoms with Crippen molar-refractivity contribution in [2.45, 2.75) is 12.5 Å². The highest BCUT2D eigenvalue weighted by atomic mass is 35.5. The molecule has 0 radical (unpaired) electrons. The van der Waals surface area contributed by atoms with Gasteiger partial charge in [-0.25, -0.2) is 8.78 Å². The number of carbonyl (C=O) groups is 2. The standard InChI is InChI=1S/C22H24ClF2N3O2/c1-27-8-10-28(11-9-27)20(16-4-2-3-5-17(16)23)14-26-22(30)21(29)13-15-6-7-18(24)19(25)12-15/h2-7,12,20H,8-11,13-14H2,1H3,(H,26,30). The van der Waals surface area contributed by atoms with Crippen LogP contribution in [0.1, 0.15) is 17.2 Å². The lowest BCUT2D eigenvalue weighted by Gasteiger charge is -2.38. The summed E-state index contributed by atoms with van der Waals surface area (Å²) < 4.78 is 26.4. The van der Waals surface area contributed by atoms with Crippen molar-refractivity contribution >= 4 is 23.3 Å². The highest BCUT2D eigenvalue weighted by Gasteiger charge is 2.26. The molecule has 2 aromatic carbocycles. The molecule has 1 N–H and O–H groups in total. The van der Waals surface area contributed by atoms with Gasteiger partial charge in [0.1, 0.15) is 0 Å². The van der Waals surface area contributed by atoms with Gasteiger partial charge in [-0.3, -0.25) is 14.5 Å². The number of hydrogen-bond donors (Lipinski definition) is 1. The minimum Gasteiger partial charge on any atom is -0.348 e. The molecule has 0 saturated carbocycles. The van der Waals surface area contributed by atoms with Crippen molar-refractivity contribution in [1.82, 2.24) is 15.1 Å². The third-order valence-corrected chi connectivity index (χ3v) is 5.64. The van der Waals surface area contributed by atoms with E-state index in [4.69, 9.17) is 11.6 Å². The van der Waals surface area contributed by atoms with Crippen molar-refractivity contribution < 1.29 is 18.4 Å². The maximum atomic E-state index is 13.3. The molecule has 1 fully saturated rings. The van der Waals surface area contributed by atoms with Gasteiger partial charge in [0.05, 0.1) is 6.04 Å². The average Bonchev–Trinajstić information content (AvgIpc) is 2.73. The van der Waals surface area contributed by atoms with Crippen molar-refractivity contribution in [3.63, 3.8) is 0 Å². The molecule has 5 nitrogen and oxygen atoms in total. The lowest BCUT2D eigenvalue weighted by molar-refractivity contribution is -0.137. The zero-order valence-corrected chi connectivity index (χ0v) is 17.5. The first-order chi connectivity index (χ1) is 14.3. The number of ketones is 1. The van der Waals surface area contributed by atoms with Crippen LogP contribution < -0.4 is 5.32 Å². The third kappa shape index (κ3) is 5.62. The van der Waals surface area contributed by atoms with E-state index in [0.717, 1.165) is 43.9 Å². The smallest absolute Gasteiger partial charge is 0.287 e. The van der Waals surface area contributed by atoms with Gasteiger partial charge in [-0.15, -0.1) is 0 Å². The molecule has 1 saturated heterocycles. The molecule has 1 aliphatic rings. The summed E-state index contributed by atoms with van der Waals surface area (Å²) in [5, 5.41) is 3.29. The molecule has 0 spiro atoms. The number of benzene rings is 2. The molecule has 0 bridgehead atoms. The first-order valence-electron chi connectivity index (χ1n) is 9.77. The van der Waals surface area contributed by atoms with Gasteiger partial charge in [-0.1, -0.05) is 35.9 Å². The number of amides is 1. The van der Waals surface area contributed by atoms with Crippen LogP contribution >= 0.6 is 11.6 Å². The monoisotopic (exact) mass is 435 g/mol. The summed E-state index contributed by atoms with van der Waals surface area (Å²) in [5.74, 6) is -3.51. The summed E-state index contributed by atoms with van der Waals surface area (Å²) >= 11 is 6.40. The SMILES string of the molecule is CN1CCN(C(CNC(=O)C(=O)Cc2ccc(F)c(F)c2)c2ccccc2Cl)CC1. The first-order valence-corrected chi connectivity index (χ1v) is 10.1. The number of likely N-dealkylation sites (N-methyl/N-ethyl adjacent to an activating group) is 1. The summed E-state index contributed by atoms with van der Waals surface area (Å²) in [6.45, 7) is 3.62. The molecular weight excluding hydrogens is 412 g/mol. The van der Waals surface area contributed by atoms with E-state index in [2.05, 4.69) is 22.2 Å². The van der Waals surface area contributed by atoms with Crippen LogP contribution in [0.15, 0.2) is 42.5 Å². The molecule has 1 aliphatic heterocycles. The van der Waals surface area contributed by atoms with Crippen LogP contribution in [0.3, 0.4) is 0 Å². The van der Waals surface area contributed by atoms with Gasteiger partial charge in [0, 0.05) is 44.2 Å². The fourth-order valence-electron chi connectivity index (χ4n) is 3.52. The van der Waals surface area contributed by atoms with Crippen molar-refractivity contribution in [2.75, 3.05) is 39.8 Å². The quantitative estimate of drug-likeness (QED) is 0.679. The Labute approximate surface area is 179 Å². The number of nitrogens with zero attached hydrogens (tertiary/aromatic N) is 2. The van der Waals surface area contributed by atoms with Crippen LogP contribution in [0.5, 0.6) is 0 Å². The van der Waals surface area contributed by atoms with E-state index >= 15 is 0 Å². The Hall–Kier alpha value is -2.35. The fourth-order valence-corrected chi connectivity index (χ4v) is 3.78. The molecule has 2 aromatic rings. The first kappa shape index (κ1) is 22.3. The minimum atomic E-state index is -1.05. The number of hydrogen-bond acceptors (Lipinski definition) is 4. The molecule has 1 atom stereocenters. The molecule has 0 aliphatic carbocycles. The van der Waals surface area contributed by atoms with Crippen molar-refractivity contribution in [2.24, 2.45) is 0 Å².